The van der Waals surface area contributed by atoms with Gasteiger partial charge in [0.2, 0.25) is 21.8 Å². The van der Waals surface area contributed by atoms with Gasteiger partial charge in [0.15, 0.2) is 0 Å². The van der Waals surface area contributed by atoms with Crippen LogP contribution < -0.4 is 5.32 Å². The van der Waals surface area contributed by atoms with Gasteiger partial charge in [0.1, 0.15) is 6.04 Å². The van der Waals surface area contributed by atoms with E-state index < -0.39 is 22.0 Å². The van der Waals surface area contributed by atoms with Crippen LogP contribution in [-0.4, -0.2) is 55.1 Å². The van der Waals surface area contributed by atoms with E-state index in [9.17, 15) is 18.0 Å². The molecule has 3 rings (SSSR count). The summed E-state index contributed by atoms with van der Waals surface area (Å²) in [6.45, 7) is 1.70. The summed E-state index contributed by atoms with van der Waals surface area (Å²) >= 11 is 5.89. The van der Waals surface area contributed by atoms with Crippen LogP contribution in [0.1, 0.15) is 51.0 Å². The van der Waals surface area contributed by atoms with Gasteiger partial charge in [-0.1, -0.05) is 68.1 Å². The summed E-state index contributed by atoms with van der Waals surface area (Å²) < 4.78 is 27.1. The Kier molecular flexibility index (Phi) is 9.71. The first-order valence-electron chi connectivity index (χ1n) is 12.1. The van der Waals surface area contributed by atoms with E-state index in [0.29, 0.717) is 11.4 Å². The van der Waals surface area contributed by atoms with Crippen LogP contribution >= 0.6 is 11.6 Å². The molecular formula is C26H34ClN3O4S. The van der Waals surface area contributed by atoms with Crippen molar-refractivity contribution >= 4 is 33.4 Å². The van der Waals surface area contributed by atoms with E-state index in [1.54, 1.807) is 0 Å². The zero-order chi connectivity index (χ0) is 25.4. The van der Waals surface area contributed by atoms with Crippen molar-refractivity contribution in [1.29, 1.82) is 0 Å². The van der Waals surface area contributed by atoms with E-state index in [1.807, 2.05) is 37.3 Å². The first-order chi connectivity index (χ1) is 16.7. The average Bonchev–Trinajstić information content (AvgIpc) is 2.85. The molecule has 0 spiro atoms. The number of carbonyl (C=O) groups excluding carboxylic acids is 2. The van der Waals surface area contributed by atoms with Crippen LogP contribution in [0.3, 0.4) is 0 Å². The smallest absolute Gasteiger partial charge is 0.243 e. The fourth-order valence-electron chi connectivity index (χ4n) is 4.40. The van der Waals surface area contributed by atoms with Gasteiger partial charge >= 0.3 is 0 Å². The lowest BCUT2D eigenvalue weighted by atomic mass is 9.95. The largest absolute Gasteiger partial charge is 0.352 e. The number of carbonyl (C=O) groups is 2. The van der Waals surface area contributed by atoms with Crippen LogP contribution in [0.25, 0.3) is 0 Å². The van der Waals surface area contributed by atoms with Crippen LogP contribution in [-0.2, 0) is 26.2 Å². The Morgan fingerprint density at radius 3 is 2.26 bits per heavy atom. The normalized spacial score (nSPS) is 15.5. The molecule has 1 fully saturated rings. The minimum absolute atomic E-state index is 0.0499. The Balaban J connectivity index is 1.81. The molecule has 1 N–H and O–H groups in total. The zero-order valence-electron chi connectivity index (χ0n) is 20.3. The van der Waals surface area contributed by atoms with E-state index in [-0.39, 0.29) is 29.9 Å². The summed E-state index contributed by atoms with van der Waals surface area (Å²) in [4.78, 5) is 28.3. The molecule has 1 atom stereocenters. The van der Waals surface area contributed by atoms with Gasteiger partial charge in [0.05, 0.1) is 11.4 Å². The number of hydrogen-bond acceptors (Lipinski definition) is 4. The van der Waals surface area contributed by atoms with Crippen LogP contribution in [0.15, 0.2) is 59.5 Å². The molecule has 2 amide bonds. The molecule has 1 aliphatic carbocycles. The fourth-order valence-corrected chi connectivity index (χ4v) is 5.64. The van der Waals surface area contributed by atoms with E-state index in [4.69, 9.17) is 11.6 Å². The summed E-state index contributed by atoms with van der Waals surface area (Å²) in [6, 6.07) is 14.6. The van der Waals surface area contributed by atoms with Crippen molar-refractivity contribution in [3.63, 3.8) is 0 Å². The molecule has 190 valence electrons. The number of benzene rings is 2. The molecule has 0 bridgehead atoms. The van der Waals surface area contributed by atoms with E-state index >= 15 is 0 Å². The number of likely N-dealkylation sites (N-methyl/N-ethyl adjacent to an activating group) is 1. The molecule has 0 heterocycles. The topological polar surface area (TPSA) is 86.8 Å². The van der Waals surface area contributed by atoms with E-state index in [0.717, 1.165) is 35.6 Å². The Hall–Kier alpha value is -2.42. The lowest BCUT2D eigenvalue weighted by Crippen LogP contribution is -2.53. The lowest BCUT2D eigenvalue weighted by Gasteiger charge is -2.33. The van der Waals surface area contributed by atoms with Gasteiger partial charge in [-0.15, -0.1) is 0 Å². The van der Waals surface area contributed by atoms with E-state index in [1.165, 1.54) is 42.6 Å². The highest BCUT2D eigenvalue weighted by molar-refractivity contribution is 7.89. The van der Waals surface area contributed by atoms with Crippen molar-refractivity contribution in [2.24, 2.45) is 0 Å². The maximum absolute atomic E-state index is 13.5. The Bertz CT molecular complexity index is 1090. The molecule has 0 saturated heterocycles. The molecule has 2 aromatic carbocycles. The Labute approximate surface area is 213 Å². The van der Waals surface area contributed by atoms with Gasteiger partial charge in [-0.25, -0.2) is 8.42 Å². The second-order valence-corrected chi connectivity index (χ2v) is 11.5. The predicted octanol–water partition coefficient (Wildman–Crippen LogP) is 4.22. The van der Waals surface area contributed by atoms with Crippen molar-refractivity contribution in [2.45, 2.75) is 69.0 Å². The minimum Gasteiger partial charge on any atom is -0.352 e. The van der Waals surface area contributed by atoms with Crippen molar-refractivity contribution in [1.82, 2.24) is 14.5 Å². The van der Waals surface area contributed by atoms with Gasteiger partial charge in [-0.3, -0.25) is 9.59 Å². The summed E-state index contributed by atoms with van der Waals surface area (Å²) in [5.41, 5.74) is 0.868. The highest BCUT2D eigenvalue weighted by Crippen LogP contribution is 2.21. The number of hydrogen-bond donors (Lipinski definition) is 1. The molecule has 9 heteroatoms. The first-order valence-corrected chi connectivity index (χ1v) is 13.9. The third-order valence-corrected chi connectivity index (χ3v) is 8.48. The third-order valence-electron chi connectivity index (χ3n) is 6.41. The monoisotopic (exact) mass is 519 g/mol. The molecule has 0 aliphatic heterocycles. The Morgan fingerprint density at radius 2 is 1.66 bits per heavy atom. The van der Waals surface area contributed by atoms with E-state index in [2.05, 4.69) is 5.32 Å². The van der Waals surface area contributed by atoms with Crippen LogP contribution in [0, 0.1) is 0 Å². The molecule has 7 nitrogen and oxygen atoms in total. The van der Waals surface area contributed by atoms with Crippen molar-refractivity contribution in [2.75, 3.05) is 13.6 Å². The summed E-state index contributed by atoms with van der Waals surface area (Å²) in [6.07, 6.45) is 5.65. The van der Waals surface area contributed by atoms with Crippen molar-refractivity contribution in [3.05, 3.63) is 65.2 Å². The zero-order valence-corrected chi connectivity index (χ0v) is 21.9. The second-order valence-electron chi connectivity index (χ2n) is 8.99. The second kappa shape index (κ2) is 12.5. The van der Waals surface area contributed by atoms with Crippen LogP contribution in [0.5, 0.6) is 0 Å². The quantitative estimate of drug-likeness (QED) is 0.509. The first kappa shape index (κ1) is 27.2. The number of halogens is 1. The molecular weight excluding hydrogens is 486 g/mol. The number of sulfonamides is 1. The summed E-state index contributed by atoms with van der Waals surface area (Å²) in [5.74, 6) is -0.619. The summed E-state index contributed by atoms with van der Waals surface area (Å²) in [7, 11) is -2.54. The number of amides is 2. The highest BCUT2D eigenvalue weighted by Gasteiger charge is 2.32. The maximum Gasteiger partial charge on any atom is 0.243 e. The van der Waals surface area contributed by atoms with Gasteiger partial charge in [0.25, 0.3) is 0 Å². The third kappa shape index (κ3) is 7.29. The van der Waals surface area contributed by atoms with Crippen molar-refractivity contribution in [3.8, 4) is 0 Å². The fraction of sp³-hybridized carbons (Fsp3) is 0.462. The lowest BCUT2D eigenvalue weighted by molar-refractivity contribution is -0.141. The standard InChI is InChI=1S/C26H34ClN3O4S/c1-3-24(26(32)28-22-12-8-5-9-13-22)30(18-20-10-6-4-7-11-20)25(31)19-29(2)35(33,34)23-16-14-21(27)15-17-23/h4,6-7,10-11,14-17,22,24H,3,5,8-9,12-13,18-19H2,1-2H3,(H,28,32). The molecule has 1 saturated carbocycles. The van der Waals surface area contributed by atoms with Crippen LogP contribution in [0.4, 0.5) is 0 Å². The van der Waals surface area contributed by atoms with Gasteiger partial charge in [-0.05, 0) is 49.1 Å². The van der Waals surface area contributed by atoms with Crippen molar-refractivity contribution < 1.29 is 18.0 Å². The SMILES string of the molecule is CCC(C(=O)NC1CCCCC1)N(Cc1ccccc1)C(=O)CN(C)S(=O)(=O)c1ccc(Cl)cc1. The van der Waals surface area contributed by atoms with Gasteiger partial charge < -0.3 is 10.2 Å². The minimum atomic E-state index is -3.91. The molecule has 1 unspecified atom stereocenters. The maximum atomic E-state index is 13.5. The number of rotatable bonds is 10. The number of nitrogens with zero attached hydrogens (tertiary/aromatic N) is 2. The molecule has 0 radical (unpaired) electrons. The summed E-state index contributed by atoms with van der Waals surface area (Å²) in [5, 5.41) is 3.55. The Morgan fingerprint density at radius 1 is 1.03 bits per heavy atom. The predicted molar refractivity (Wildman–Crippen MR) is 137 cm³/mol. The average molecular weight is 520 g/mol. The van der Waals surface area contributed by atoms with Gasteiger partial charge in [-0.2, -0.15) is 4.31 Å². The molecule has 0 aromatic heterocycles. The van der Waals surface area contributed by atoms with Gasteiger partial charge in [0, 0.05) is 24.7 Å². The number of nitrogens with one attached hydrogen (secondary N) is 1. The highest BCUT2D eigenvalue weighted by atomic mass is 35.5. The van der Waals surface area contributed by atoms with Crippen LogP contribution in [0.2, 0.25) is 5.02 Å². The molecule has 1 aliphatic rings. The molecule has 2 aromatic rings. The molecule has 35 heavy (non-hydrogen) atoms.